The van der Waals surface area contributed by atoms with Crippen LogP contribution < -0.4 is 0 Å². The lowest BCUT2D eigenvalue weighted by Crippen LogP contribution is -2.35. The smallest absolute Gasteiger partial charge is 0.236 e. The minimum Gasteiger partial charge on any atom is -0.343 e. The van der Waals surface area contributed by atoms with Crippen LogP contribution in [0, 0.1) is 0 Å². The number of carbonyl (C=O) groups is 2. The van der Waals surface area contributed by atoms with E-state index in [0.717, 1.165) is 31.5 Å². The summed E-state index contributed by atoms with van der Waals surface area (Å²) >= 11 is 1.68. The molecule has 0 aromatic heterocycles. The lowest BCUT2D eigenvalue weighted by Gasteiger charge is -2.26. The third-order valence-electron chi connectivity index (χ3n) is 5.33. The summed E-state index contributed by atoms with van der Waals surface area (Å²) in [4.78, 5) is 28.8. The van der Waals surface area contributed by atoms with E-state index >= 15 is 0 Å². The molecule has 0 N–H and O–H groups in total. The predicted molar refractivity (Wildman–Crippen MR) is 107 cm³/mol. The molecule has 0 bridgehead atoms. The van der Waals surface area contributed by atoms with E-state index < -0.39 is 0 Å². The largest absolute Gasteiger partial charge is 0.343 e. The molecule has 0 unspecified atom stereocenters. The maximum absolute atomic E-state index is 12.6. The van der Waals surface area contributed by atoms with Crippen molar-refractivity contribution < 1.29 is 9.59 Å². The summed E-state index contributed by atoms with van der Waals surface area (Å²) in [6, 6.07) is 8.60. The maximum Gasteiger partial charge on any atom is 0.236 e. The summed E-state index contributed by atoms with van der Waals surface area (Å²) in [7, 11) is 0. The van der Waals surface area contributed by atoms with E-state index in [9.17, 15) is 9.59 Å². The van der Waals surface area contributed by atoms with Crippen molar-refractivity contribution in [3.8, 4) is 0 Å². The number of benzene rings is 1. The molecule has 0 spiro atoms. The maximum atomic E-state index is 12.6. The molecule has 2 atom stereocenters. The van der Waals surface area contributed by atoms with Crippen LogP contribution in [0.4, 0.5) is 0 Å². The second-order valence-electron chi connectivity index (χ2n) is 8.37. The average Bonchev–Trinajstić information content (AvgIpc) is 3.22. The molecule has 1 aromatic rings. The van der Waals surface area contributed by atoms with Crippen LogP contribution in [-0.4, -0.2) is 46.5 Å². The second kappa shape index (κ2) is 7.63. The molecular formula is C21H30N2O2S. The molecule has 1 aromatic carbocycles. The molecule has 2 fully saturated rings. The van der Waals surface area contributed by atoms with Crippen molar-refractivity contribution >= 4 is 23.6 Å². The van der Waals surface area contributed by atoms with E-state index in [0.29, 0.717) is 13.0 Å². The molecule has 2 aliphatic rings. The first-order valence-corrected chi connectivity index (χ1v) is 10.6. The zero-order valence-electron chi connectivity index (χ0n) is 16.3. The highest BCUT2D eigenvalue weighted by Crippen LogP contribution is 2.43. The molecule has 2 heterocycles. The number of rotatable bonds is 4. The zero-order valence-corrected chi connectivity index (χ0v) is 17.1. The number of nitrogens with zero attached hydrogens (tertiary/aromatic N) is 2. The molecule has 142 valence electrons. The Labute approximate surface area is 161 Å². The van der Waals surface area contributed by atoms with Gasteiger partial charge in [-0.25, -0.2) is 0 Å². The molecule has 4 nitrogen and oxygen atoms in total. The lowest BCUT2D eigenvalue weighted by molar-refractivity contribution is -0.133. The SMILES string of the molecule is C[C@H]1S[C@@H](c2ccc(C(C)(C)C)cc2)N(CCC(=O)N2CCCC2)C1=O. The minimum absolute atomic E-state index is 0.0119. The van der Waals surface area contributed by atoms with E-state index in [-0.39, 0.29) is 27.9 Å². The topological polar surface area (TPSA) is 40.6 Å². The average molecular weight is 375 g/mol. The highest BCUT2D eigenvalue weighted by Gasteiger charge is 2.38. The van der Waals surface area contributed by atoms with E-state index in [1.807, 2.05) is 16.7 Å². The summed E-state index contributed by atoms with van der Waals surface area (Å²) in [5.41, 5.74) is 2.56. The molecule has 0 saturated carbocycles. The highest BCUT2D eigenvalue weighted by atomic mass is 32.2. The van der Waals surface area contributed by atoms with Gasteiger partial charge in [-0.3, -0.25) is 9.59 Å². The van der Waals surface area contributed by atoms with Crippen LogP contribution in [0.15, 0.2) is 24.3 Å². The van der Waals surface area contributed by atoms with Crippen molar-refractivity contribution in [1.29, 1.82) is 0 Å². The summed E-state index contributed by atoms with van der Waals surface area (Å²) < 4.78 is 0. The van der Waals surface area contributed by atoms with Crippen molar-refractivity contribution in [1.82, 2.24) is 9.80 Å². The van der Waals surface area contributed by atoms with E-state index in [4.69, 9.17) is 0 Å². The lowest BCUT2D eigenvalue weighted by atomic mass is 9.86. The third kappa shape index (κ3) is 4.08. The van der Waals surface area contributed by atoms with Gasteiger partial charge in [-0.2, -0.15) is 0 Å². The van der Waals surface area contributed by atoms with Gasteiger partial charge in [-0.1, -0.05) is 45.0 Å². The van der Waals surface area contributed by atoms with Gasteiger partial charge < -0.3 is 9.80 Å². The first-order valence-electron chi connectivity index (χ1n) is 9.61. The van der Waals surface area contributed by atoms with Crippen LogP contribution in [0.25, 0.3) is 0 Å². The van der Waals surface area contributed by atoms with Gasteiger partial charge in [-0.15, -0.1) is 11.8 Å². The van der Waals surface area contributed by atoms with Gasteiger partial charge in [-0.05, 0) is 36.3 Å². The minimum atomic E-state index is -0.0517. The number of thioether (sulfide) groups is 1. The number of carbonyl (C=O) groups excluding carboxylic acids is 2. The first-order chi connectivity index (χ1) is 12.3. The Kier molecular flexibility index (Phi) is 5.66. The Morgan fingerprint density at radius 1 is 1.15 bits per heavy atom. The number of amides is 2. The van der Waals surface area contributed by atoms with Crippen molar-refractivity contribution in [3.63, 3.8) is 0 Å². The molecule has 2 aliphatic heterocycles. The third-order valence-corrected chi connectivity index (χ3v) is 6.73. The number of hydrogen-bond acceptors (Lipinski definition) is 3. The van der Waals surface area contributed by atoms with Crippen molar-refractivity contribution in [2.45, 2.75) is 63.0 Å². The summed E-state index contributed by atoms with van der Waals surface area (Å²) in [5, 5.41) is -0.0397. The molecule has 26 heavy (non-hydrogen) atoms. The quantitative estimate of drug-likeness (QED) is 0.801. The van der Waals surface area contributed by atoms with E-state index in [1.54, 1.807) is 11.8 Å². The van der Waals surface area contributed by atoms with Crippen LogP contribution in [0.1, 0.15) is 63.5 Å². The Hall–Kier alpha value is -1.49. The molecule has 3 rings (SSSR count). The van der Waals surface area contributed by atoms with Crippen LogP contribution in [-0.2, 0) is 15.0 Å². The van der Waals surface area contributed by atoms with Crippen molar-refractivity contribution in [2.24, 2.45) is 0 Å². The first kappa shape index (κ1) is 19.3. The van der Waals surface area contributed by atoms with E-state index in [2.05, 4.69) is 45.0 Å². The van der Waals surface area contributed by atoms with Gasteiger partial charge in [0.15, 0.2) is 0 Å². The predicted octanol–water partition coefficient (Wildman–Crippen LogP) is 3.96. The zero-order chi connectivity index (χ0) is 18.9. The number of hydrogen-bond donors (Lipinski definition) is 0. The summed E-state index contributed by atoms with van der Waals surface area (Å²) in [5.74, 6) is 0.329. The monoisotopic (exact) mass is 374 g/mol. The van der Waals surface area contributed by atoms with Gasteiger partial charge in [0.1, 0.15) is 5.37 Å². The van der Waals surface area contributed by atoms with Crippen molar-refractivity contribution in [2.75, 3.05) is 19.6 Å². The fraction of sp³-hybridized carbons (Fsp3) is 0.619. The van der Waals surface area contributed by atoms with Crippen LogP contribution in [0.5, 0.6) is 0 Å². The number of likely N-dealkylation sites (tertiary alicyclic amines) is 1. The van der Waals surface area contributed by atoms with Crippen LogP contribution >= 0.6 is 11.8 Å². The standard InChI is InChI=1S/C21H30N2O2S/c1-15-19(25)23(14-11-18(24)22-12-5-6-13-22)20(26-15)16-7-9-17(10-8-16)21(2,3)4/h7-10,15,20H,5-6,11-14H2,1-4H3/t15-,20+/m1/s1. The highest BCUT2D eigenvalue weighted by molar-refractivity contribution is 8.01. The Morgan fingerprint density at radius 2 is 1.77 bits per heavy atom. The Bertz CT molecular complexity index is 660. The fourth-order valence-electron chi connectivity index (χ4n) is 3.65. The van der Waals surface area contributed by atoms with E-state index in [1.165, 1.54) is 5.56 Å². The molecule has 0 radical (unpaired) electrons. The van der Waals surface area contributed by atoms with Crippen molar-refractivity contribution in [3.05, 3.63) is 35.4 Å². The summed E-state index contributed by atoms with van der Waals surface area (Å²) in [6.45, 7) is 10.8. The van der Waals surface area contributed by atoms with Gasteiger partial charge in [0.25, 0.3) is 0 Å². The van der Waals surface area contributed by atoms with Gasteiger partial charge in [0.2, 0.25) is 11.8 Å². The molecule has 0 aliphatic carbocycles. The van der Waals surface area contributed by atoms with Gasteiger partial charge >= 0.3 is 0 Å². The summed E-state index contributed by atoms with van der Waals surface area (Å²) in [6.07, 6.45) is 2.63. The molecule has 2 saturated heterocycles. The fourth-order valence-corrected chi connectivity index (χ4v) is 4.96. The Morgan fingerprint density at radius 3 is 2.35 bits per heavy atom. The molecule has 2 amide bonds. The Balaban J connectivity index is 1.70. The van der Waals surface area contributed by atoms with Crippen LogP contribution in [0.3, 0.4) is 0 Å². The van der Waals surface area contributed by atoms with Gasteiger partial charge in [0, 0.05) is 26.1 Å². The molecule has 5 heteroatoms. The normalized spacial score (nSPS) is 23.8. The second-order valence-corrected chi connectivity index (χ2v) is 9.80. The van der Waals surface area contributed by atoms with Crippen LogP contribution in [0.2, 0.25) is 0 Å². The van der Waals surface area contributed by atoms with Gasteiger partial charge in [0.05, 0.1) is 5.25 Å². The molecular weight excluding hydrogens is 344 g/mol.